The van der Waals surface area contributed by atoms with Gasteiger partial charge in [-0.05, 0) is 30.5 Å². The predicted molar refractivity (Wildman–Crippen MR) is 73.6 cm³/mol. The second kappa shape index (κ2) is 6.47. The highest BCUT2D eigenvalue weighted by molar-refractivity contribution is 5.73. The van der Waals surface area contributed by atoms with E-state index >= 15 is 0 Å². The molecule has 1 heterocycles. The minimum absolute atomic E-state index is 0.0937. The SMILES string of the molecule is CC(=O)N1CCC(NCc2ccc(C(F)(F)F)cc2)CC1. The molecular formula is C15H19F3N2O. The van der Waals surface area contributed by atoms with E-state index in [1.54, 1.807) is 6.92 Å². The number of hydrogen-bond donors (Lipinski definition) is 1. The molecule has 3 nitrogen and oxygen atoms in total. The normalized spacial score (nSPS) is 17.0. The number of nitrogens with one attached hydrogen (secondary N) is 1. The molecule has 0 spiro atoms. The van der Waals surface area contributed by atoms with Gasteiger partial charge < -0.3 is 10.2 Å². The second-order valence-corrected chi connectivity index (χ2v) is 5.36. The standard InChI is InChI=1S/C15H19F3N2O/c1-11(21)20-8-6-14(7-9-20)19-10-12-2-4-13(5-3-12)15(16,17)18/h2-5,14,19H,6-10H2,1H3. The van der Waals surface area contributed by atoms with E-state index in [-0.39, 0.29) is 5.91 Å². The quantitative estimate of drug-likeness (QED) is 0.931. The molecule has 1 aliphatic heterocycles. The lowest BCUT2D eigenvalue weighted by molar-refractivity contribution is -0.137. The number of likely N-dealkylation sites (tertiary alicyclic amines) is 1. The smallest absolute Gasteiger partial charge is 0.343 e. The number of hydrogen-bond acceptors (Lipinski definition) is 2. The van der Waals surface area contributed by atoms with Gasteiger partial charge in [-0.2, -0.15) is 13.2 Å². The second-order valence-electron chi connectivity index (χ2n) is 5.36. The molecule has 0 unspecified atom stereocenters. The number of carbonyl (C=O) groups excluding carboxylic acids is 1. The van der Waals surface area contributed by atoms with Gasteiger partial charge in [-0.1, -0.05) is 12.1 Å². The zero-order valence-corrected chi connectivity index (χ0v) is 11.9. The van der Waals surface area contributed by atoms with Crippen LogP contribution in [0.1, 0.15) is 30.9 Å². The van der Waals surface area contributed by atoms with Crippen LogP contribution < -0.4 is 5.32 Å². The number of amides is 1. The molecule has 2 rings (SSSR count). The fraction of sp³-hybridized carbons (Fsp3) is 0.533. The lowest BCUT2D eigenvalue weighted by Crippen LogP contribution is -2.43. The molecular weight excluding hydrogens is 281 g/mol. The molecule has 1 aromatic carbocycles. The molecule has 0 aromatic heterocycles. The van der Waals surface area contributed by atoms with Crippen LogP contribution in [0.3, 0.4) is 0 Å². The summed E-state index contributed by atoms with van der Waals surface area (Å²) in [6, 6.07) is 5.52. The molecule has 0 radical (unpaired) electrons. The van der Waals surface area contributed by atoms with E-state index in [1.165, 1.54) is 12.1 Å². The first kappa shape index (κ1) is 15.8. The maximum absolute atomic E-state index is 12.5. The minimum Gasteiger partial charge on any atom is -0.343 e. The number of benzene rings is 1. The van der Waals surface area contributed by atoms with Crippen molar-refractivity contribution in [3.05, 3.63) is 35.4 Å². The average Bonchev–Trinajstić information content (AvgIpc) is 2.45. The number of nitrogens with zero attached hydrogens (tertiary/aromatic N) is 1. The Kier molecular flexibility index (Phi) is 4.88. The summed E-state index contributed by atoms with van der Waals surface area (Å²) < 4.78 is 37.4. The van der Waals surface area contributed by atoms with Gasteiger partial charge >= 0.3 is 6.18 Å². The molecule has 21 heavy (non-hydrogen) atoms. The van der Waals surface area contributed by atoms with Crippen molar-refractivity contribution < 1.29 is 18.0 Å². The molecule has 1 aromatic rings. The molecule has 0 saturated carbocycles. The van der Waals surface area contributed by atoms with Gasteiger partial charge in [-0.15, -0.1) is 0 Å². The predicted octanol–water partition coefficient (Wildman–Crippen LogP) is 2.81. The minimum atomic E-state index is -4.29. The number of carbonyl (C=O) groups is 1. The van der Waals surface area contributed by atoms with Crippen LogP contribution in [0.4, 0.5) is 13.2 Å². The third-order valence-corrected chi connectivity index (χ3v) is 3.82. The molecule has 0 atom stereocenters. The largest absolute Gasteiger partial charge is 0.416 e. The number of alkyl halides is 3. The summed E-state index contributed by atoms with van der Waals surface area (Å²) in [6.45, 7) is 3.58. The van der Waals surface area contributed by atoms with Crippen molar-refractivity contribution in [1.82, 2.24) is 10.2 Å². The van der Waals surface area contributed by atoms with Gasteiger partial charge in [-0.25, -0.2) is 0 Å². The Morgan fingerprint density at radius 1 is 1.24 bits per heavy atom. The molecule has 116 valence electrons. The van der Waals surface area contributed by atoms with Crippen molar-refractivity contribution in [2.24, 2.45) is 0 Å². The van der Waals surface area contributed by atoms with E-state index in [0.717, 1.165) is 43.6 Å². The molecule has 0 aliphatic carbocycles. The van der Waals surface area contributed by atoms with Crippen LogP contribution in [0.25, 0.3) is 0 Å². The fourth-order valence-corrected chi connectivity index (χ4v) is 2.47. The zero-order chi connectivity index (χ0) is 15.5. The summed E-state index contributed by atoms with van der Waals surface area (Å²) >= 11 is 0. The van der Waals surface area contributed by atoms with Crippen LogP contribution in [0, 0.1) is 0 Å². The van der Waals surface area contributed by atoms with Crippen LogP contribution in [-0.4, -0.2) is 29.9 Å². The van der Waals surface area contributed by atoms with E-state index in [2.05, 4.69) is 5.32 Å². The first-order valence-corrected chi connectivity index (χ1v) is 7.01. The highest BCUT2D eigenvalue weighted by Gasteiger charge is 2.29. The van der Waals surface area contributed by atoms with Gasteiger partial charge in [0.2, 0.25) is 5.91 Å². The van der Waals surface area contributed by atoms with E-state index in [1.807, 2.05) is 4.90 Å². The maximum Gasteiger partial charge on any atom is 0.416 e. The Morgan fingerprint density at radius 2 is 1.81 bits per heavy atom. The van der Waals surface area contributed by atoms with Crippen molar-refractivity contribution in [2.45, 2.75) is 38.5 Å². The summed E-state index contributed by atoms with van der Waals surface area (Å²) in [5.74, 6) is 0.0937. The van der Waals surface area contributed by atoms with Crippen LogP contribution in [-0.2, 0) is 17.5 Å². The van der Waals surface area contributed by atoms with Crippen LogP contribution >= 0.6 is 0 Å². The van der Waals surface area contributed by atoms with Crippen LogP contribution in [0.5, 0.6) is 0 Å². The molecule has 1 saturated heterocycles. The van der Waals surface area contributed by atoms with Crippen molar-refractivity contribution in [1.29, 1.82) is 0 Å². The Morgan fingerprint density at radius 3 is 2.29 bits per heavy atom. The van der Waals surface area contributed by atoms with Crippen molar-refractivity contribution in [3.8, 4) is 0 Å². The molecule has 1 fully saturated rings. The topological polar surface area (TPSA) is 32.3 Å². The molecule has 1 amide bonds. The van der Waals surface area contributed by atoms with E-state index < -0.39 is 11.7 Å². The van der Waals surface area contributed by atoms with Crippen molar-refractivity contribution in [2.75, 3.05) is 13.1 Å². The van der Waals surface area contributed by atoms with Gasteiger partial charge in [0.15, 0.2) is 0 Å². The van der Waals surface area contributed by atoms with Crippen LogP contribution in [0.15, 0.2) is 24.3 Å². The number of rotatable bonds is 3. The third kappa shape index (κ3) is 4.46. The molecule has 1 aliphatic rings. The van der Waals surface area contributed by atoms with Crippen molar-refractivity contribution >= 4 is 5.91 Å². The zero-order valence-electron chi connectivity index (χ0n) is 11.9. The van der Waals surface area contributed by atoms with E-state index in [9.17, 15) is 18.0 Å². The fourth-order valence-electron chi connectivity index (χ4n) is 2.47. The maximum atomic E-state index is 12.5. The average molecular weight is 300 g/mol. The van der Waals surface area contributed by atoms with Crippen LogP contribution in [0.2, 0.25) is 0 Å². The molecule has 0 bridgehead atoms. The van der Waals surface area contributed by atoms with Gasteiger partial charge in [0.25, 0.3) is 0 Å². The molecule has 1 N–H and O–H groups in total. The highest BCUT2D eigenvalue weighted by Crippen LogP contribution is 2.29. The summed E-state index contributed by atoms with van der Waals surface area (Å²) in [5, 5.41) is 3.34. The summed E-state index contributed by atoms with van der Waals surface area (Å²) in [6.07, 6.45) is -2.54. The number of halogens is 3. The monoisotopic (exact) mass is 300 g/mol. The number of piperidine rings is 1. The Bertz CT molecular complexity index is 477. The first-order valence-electron chi connectivity index (χ1n) is 7.01. The molecule has 6 heteroatoms. The Hall–Kier alpha value is -1.56. The van der Waals surface area contributed by atoms with Gasteiger partial charge in [0, 0.05) is 32.6 Å². The highest BCUT2D eigenvalue weighted by atomic mass is 19.4. The first-order chi connectivity index (χ1) is 9.86. The summed E-state index contributed by atoms with van der Waals surface area (Å²) in [4.78, 5) is 13.0. The Labute approximate surface area is 122 Å². The van der Waals surface area contributed by atoms with E-state index in [0.29, 0.717) is 12.6 Å². The van der Waals surface area contributed by atoms with Crippen molar-refractivity contribution in [3.63, 3.8) is 0 Å². The summed E-state index contributed by atoms with van der Waals surface area (Å²) in [7, 11) is 0. The lowest BCUT2D eigenvalue weighted by atomic mass is 10.0. The third-order valence-electron chi connectivity index (χ3n) is 3.82. The lowest BCUT2D eigenvalue weighted by Gasteiger charge is -2.31. The van der Waals surface area contributed by atoms with Gasteiger partial charge in [-0.3, -0.25) is 4.79 Å². The van der Waals surface area contributed by atoms with Gasteiger partial charge in [0.1, 0.15) is 0 Å². The van der Waals surface area contributed by atoms with E-state index in [4.69, 9.17) is 0 Å². The summed E-state index contributed by atoms with van der Waals surface area (Å²) in [5.41, 5.74) is 0.206. The van der Waals surface area contributed by atoms with Gasteiger partial charge in [0.05, 0.1) is 5.56 Å². The Balaban J connectivity index is 1.80.